The molecule has 0 aliphatic rings. The summed E-state index contributed by atoms with van der Waals surface area (Å²) in [5.74, 6) is 0.166. The molecule has 3 aromatic rings. The lowest BCUT2D eigenvalue weighted by atomic mass is 10.2. The van der Waals surface area contributed by atoms with E-state index in [4.69, 9.17) is 0 Å². The number of nitro groups is 1. The quantitative estimate of drug-likeness (QED) is 0.583. The topological polar surface area (TPSA) is 76.3 Å². The summed E-state index contributed by atoms with van der Waals surface area (Å²) >= 11 is 2.60. The van der Waals surface area contributed by atoms with Crippen LogP contribution in [0.3, 0.4) is 0 Å². The lowest BCUT2D eigenvalue weighted by Crippen LogP contribution is -1.81. The first-order chi connectivity index (χ1) is 9.63. The van der Waals surface area contributed by atoms with Gasteiger partial charge in [-0.05, 0) is 24.3 Å². The Balaban J connectivity index is 1.99. The number of fused-ring (bicyclic) bond motifs is 1. The number of phenolic OH excluding ortho intramolecular Hbond substituents is 1. The van der Waals surface area contributed by atoms with Gasteiger partial charge in [-0.25, -0.2) is 0 Å². The molecular formula is C13H8N2O3S2. The third kappa shape index (κ3) is 2.45. The predicted molar refractivity (Wildman–Crippen MR) is 78.5 cm³/mol. The number of thiophene rings is 1. The number of phenols is 1. The van der Waals surface area contributed by atoms with Crippen LogP contribution in [0, 0.1) is 10.1 Å². The number of aromatic hydroxyl groups is 1. The Kier molecular flexibility index (Phi) is 3.29. The van der Waals surface area contributed by atoms with Crippen molar-refractivity contribution in [3.63, 3.8) is 0 Å². The fraction of sp³-hybridized carbons (Fsp3) is 0. The van der Waals surface area contributed by atoms with Crippen molar-refractivity contribution in [2.45, 2.75) is 9.10 Å². The van der Waals surface area contributed by atoms with Crippen molar-refractivity contribution in [1.82, 2.24) is 4.98 Å². The minimum atomic E-state index is -0.391. The van der Waals surface area contributed by atoms with Crippen molar-refractivity contribution in [3.05, 3.63) is 52.7 Å². The summed E-state index contributed by atoms with van der Waals surface area (Å²) < 4.78 is 0.845. The van der Waals surface area contributed by atoms with Gasteiger partial charge < -0.3 is 5.11 Å². The van der Waals surface area contributed by atoms with Crippen LogP contribution in [-0.2, 0) is 0 Å². The number of benzene rings is 1. The minimum Gasteiger partial charge on any atom is -0.508 e. The smallest absolute Gasteiger partial charge is 0.325 e. The number of rotatable bonds is 3. The summed E-state index contributed by atoms with van der Waals surface area (Å²) in [6.45, 7) is 0. The Labute approximate surface area is 122 Å². The molecule has 3 rings (SSSR count). The van der Waals surface area contributed by atoms with Gasteiger partial charge in [0.05, 0.1) is 14.6 Å². The molecule has 0 unspecified atom stereocenters. The van der Waals surface area contributed by atoms with E-state index in [1.54, 1.807) is 30.5 Å². The fourth-order valence-electron chi connectivity index (χ4n) is 1.77. The highest BCUT2D eigenvalue weighted by Gasteiger charge is 2.12. The second-order valence-corrected chi connectivity index (χ2v) is 6.37. The first-order valence-corrected chi connectivity index (χ1v) is 7.26. The summed E-state index contributed by atoms with van der Waals surface area (Å²) in [6.07, 6.45) is 1.66. The van der Waals surface area contributed by atoms with Crippen molar-refractivity contribution in [3.8, 4) is 5.75 Å². The van der Waals surface area contributed by atoms with Crippen LogP contribution >= 0.6 is 23.1 Å². The molecule has 2 heterocycles. The monoisotopic (exact) mass is 304 g/mol. The maximum absolute atomic E-state index is 10.7. The van der Waals surface area contributed by atoms with Crippen LogP contribution in [0.25, 0.3) is 10.9 Å². The van der Waals surface area contributed by atoms with Gasteiger partial charge in [0.1, 0.15) is 5.75 Å². The second kappa shape index (κ2) is 5.10. The molecule has 0 atom stereocenters. The summed E-state index contributed by atoms with van der Waals surface area (Å²) in [5.41, 5.74) is 0.695. The minimum absolute atomic E-state index is 0.128. The van der Waals surface area contributed by atoms with Gasteiger partial charge in [0.25, 0.3) is 0 Å². The summed E-state index contributed by atoms with van der Waals surface area (Å²) in [7, 11) is 0. The zero-order valence-corrected chi connectivity index (χ0v) is 11.6. The van der Waals surface area contributed by atoms with E-state index in [0.29, 0.717) is 5.52 Å². The Morgan fingerprint density at radius 2 is 2.10 bits per heavy atom. The van der Waals surface area contributed by atoms with Gasteiger partial charge in [-0.15, -0.1) is 0 Å². The number of hydrogen-bond acceptors (Lipinski definition) is 6. The maximum Gasteiger partial charge on any atom is 0.325 e. The summed E-state index contributed by atoms with van der Waals surface area (Å²) in [6, 6.07) is 10.1. The van der Waals surface area contributed by atoms with E-state index in [0.717, 1.165) is 25.8 Å². The van der Waals surface area contributed by atoms with Crippen LogP contribution < -0.4 is 0 Å². The van der Waals surface area contributed by atoms with Crippen molar-refractivity contribution in [2.24, 2.45) is 0 Å². The molecule has 2 aromatic heterocycles. The third-order valence-electron chi connectivity index (χ3n) is 2.64. The molecule has 5 nitrogen and oxygen atoms in total. The standard InChI is InChI=1S/C13H8N2O3S2/c16-8-1-2-9-10(7-8)14-6-5-11(9)19-13-4-3-12(20-13)15(17)18/h1-7,16H. The molecule has 7 heteroatoms. The lowest BCUT2D eigenvalue weighted by Gasteiger charge is -2.04. The highest BCUT2D eigenvalue weighted by atomic mass is 32.2. The zero-order valence-electron chi connectivity index (χ0n) is 10.0. The van der Waals surface area contributed by atoms with E-state index >= 15 is 0 Å². The molecule has 0 radical (unpaired) electrons. The van der Waals surface area contributed by atoms with Crippen LogP contribution in [0.5, 0.6) is 5.75 Å². The van der Waals surface area contributed by atoms with E-state index in [9.17, 15) is 15.2 Å². The Bertz CT molecular complexity index is 801. The summed E-state index contributed by atoms with van der Waals surface area (Å²) in [5, 5.41) is 21.2. The van der Waals surface area contributed by atoms with E-state index in [1.165, 1.54) is 17.8 Å². The Hall–Kier alpha value is -2.12. The molecule has 100 valence electrons. The maximum atomic E-state index is 10.7. The molecule has 0 aliphatic carbocycles. The van der Waals surface area contributed by atoms with Crippen molar-refractivity contribution < 1.29 is 10.0 Å². The lowest BCUT2D eigenvalue weighted by molar-refractivity contribution is -0.380. The molecule has 20 heavy (non-hydrogen) atoms. The molecule has 1 aromatic carbocycles. The van der Waals surface area contributed by atoms with Crippen molar-refractivity contribution in [2.75, 3.05) is 0 Å². The molecule has 0 fully saturated rings. The normalized spacial score (nSPS) is 10.8. The molecule has 0 saturated carbocycles. The van der Waals surface area contributed by atoms with Crippen LogP contribution in [-0.4, -0.2) is 15.0 Å². The molecule has 1 N–H and O–H groups in total. The van der Waals surface area contributed by atoms with Gasteiger partial charge in [-0.2, -0.15) is 0 Å². The average Bonchev–Trinajstić information content (AvgIpc) is 2.87. The van der Waals surface area contributed by atoms with Gasteiger partial charge in [-0.3, -0.25) is 15.1 Å². The number of pyridine rings is 1. The number of hydrogen-bond donors (Lipinski definition) is 1. The van der Waals surface area contributed by atoms with Gasteiger partial charge in [-0.1, -0.05) is 23.1 Å². The predicted octanol–water partition coefficient (Wildman–Crippen LogP) is 4.06. The van der Waals surface area contributed by atoms with Crippen LogP contribution in [0.15, 0.2) is 51.7 Å². The summed E-state index contributed by atoms with van der Waals surface area (Å²) in [4.78, 5) is 15.4. The third-order valence-corrected chi connectivity index (χ3v) is 4.89. The van der Waals surface area contributed by atoms with E-state index in [1.807, 2.05) is 6.07 Å². The van der Waals surface area contributed by atoms with Crippen molar-refractivity contribution >= 4 is 39.0 Å². The van der Waals surface area contributed by atoms with Crippen LogP contribution in [0.2, 0.25) is 0 Å². The van der Waals surface area contributed by atoms with Crippen LogP contribution in [0.4, 0.5) is 5.00 Å². The molecule has 0 aliphatic heterocycles. The van der Waals surface area contributed by atoms with E-state index in [2.05, 4.69) is 4.98 Å². The van der Waals surface area contributed by atoms with Gasteiger partial charge >= 0.3 is 5.00 Å². The SMILES string of the molecule is O=[N+]([O-])c1ccc(Sc2ccnc3cc(O)ccc23)s1. The number of aromatic nitrogens is 1. The van der Waals surface area contributed by atoms with Crippen molar-refractivity contribution in [1.29, 1.82) is 0 Å². The van der Waals surface area contributed by atoms with Gasteiger partial charge in [0, 0.05) is 28.6 Å². The second-order valence-electron chi connectivity index (χ2n) is 3.96. The molecule has 0 spiro atoms. The first kappa shape index (κ1) is 12.9. The average molecular weight is 304 g/mol. The molecule has 0 saturated heterocycles. The number of nitrogens with zero attached hydrogens (tertiary/aromatic N) is 2. The highest BCUT2D eigenvalue weighted by molar-refractivity contribution is 8.01. The largest absolute Gasteiger partial charge is 0.508 e. The highest BCUT2D eigenvalue weighted by Crippen LogP contribution is 2.39. The Morgan fingerprint density at radius 1 is 1.25 bits per heavy atom. The Morgan fingerprint density at radius 3 is 2.85 bits per heavy atom. The van der Waals surface area contributed by atoms with Gasteiger partial charge in [0.15, 0.2) is 0 Å². The van der Waals surface area contributed by atoms with Crippen LogP contribution in [0.1, 0.15) is 0 Å². The van der Waals surface area contributed by atoms with E-state index in [-0.39, 0.29) is 10.8 Å². The van der Waals surface area contributed by atoms with E-state index < -0.39 is 4.92 Å². The first-order valence-electron chi connectivity index (χ1n) is 5.63. The molecular weight excluding hydrogens is 296 g/mol. The fourth-order valence-corrected chi connectivity index (χ4v) is 3.78. The molecule has 0 amide bonds. The zero-order chi connectivity index (χ0) is 14.1. The van der Waals surface area contributed by atoms with Gasteiger partial charge in [0.2, 0.25) is 0 Å². The molecule has 0 bridgehead atoms.